The highest BCUT2D eigenvalue weighted by molar-refractivity contribution is 7.98. The fraction of sp³-hybridized carbons (Fsp3) is 0.600. The molecule has 8 heteroatoms. The summed E-state index contributed by atoms with van der Waals surface area (Å²) < 4.78 is 7.20. The minimum Gasteiger partial charge on any atom is -0.338 e. The quantitative estimate of drug-likeness (QED) is 0.808. The highest BCUT2D eigenvalue weighted by atomic mass is 32.2. The van der Waals surface area contributed by atoms with Crippen molar-refractivity contribution >= 4 is 11.8 Å². The van der Waals surface area contributed by atoms with E-state index in [2.05, 4.69) is 24.9 Å². The SMILES string of the molecule is Cc1noc(CSc2nnc(CN)n2C2CC2)n1. The minimum absolute atomic E-state index is 0.420. The van der Waals surface area contributed by atoms with Gasteiger partial charge >= 0.3 is 0 Å². The first-order chi connectivity index (χ1) is 8.78. The zero-order chi connectivity index (χ0) is 12.5. The van der Waals surface area contributed by atoms with E-state index in [9.17, 15) is 0 Å². The van der Waals surface area contributed by atoms with Gasteiger partial charge in [0, 0.05) is 6.04 Å². The number of aryl methyl sites for hydroxylation is 1. The second-order valence-corrected chi connectivity index (χ2v) is 5.17. The Hall–Kier alpha value is -1.41. The molecule has 0 amide bonds. The molecule has 0 saturated heterocycles. The Bertz CT molecular complexity index is 546. The van der Waals surface area contributed by atoms with Gasteiger partial charge in [-0.25, -0.2) is 0 Å². The Morgan fingerprint density at radius 1 is 1.44 bits per heavy atom. The first-order valence-electron chi connectivity index (χ1n) is 5.83. The molecule has 0 aromatic carbocycles. The molecule has 1 aliphatic carbocycles. The molecule has 3 rings (SSSR count). The molecule has 0 spiro atoms. The molecule has 0 unspecified atom stereocenters. The monoisotopic (exact) mass is 266 g/mol. The maximum absolute atomic E-state index is 5.67. The average molecular weight is 266 g/mol. The van der Waals surface area contributed by atoms with Gasteiger partial charge in [-0.15, -0.1) is 10.2 Å². The summed E-state index contributed by atoms with van der Waals surface area (Å²) in [5.41, 5.74) is 5.67. The Balaban J connectivity index is 1.74. The molecular formula is C10H14N6OS. The Kier molecular flexibility index (Phi) is 3.04. The molecule has 2 heterocycles. The van der Waals surface area contributed by atoms with E-state index in [1.807, 2.05) is 0 Å². The van der Waals surface area contributed by atoms with Gasteiger partial charge < -0.3 is 14.8 Å². The number of hydrogen-bond acceptors (Lipinski definition) is 7. The van der Waals surface area contributed by atoms with Crippen LogP contribution in [0.25, 0.3) is 0 Å². The zero-order valence-electron chi connectivity index (χ0n) is 10.0. The third-order valence-corrected chi connectivity index (χ3v) is 3.65. The van der Waals surface area contributed by atoms with Crippen LogP contribution in [0.4, 0.5) is 0 Å². The van der Waals surface area contributed by atoms with Crippen LogP contribution in [0.5, 0.6) is 0 Å². The van der Waals surface area contributed by atoms with E-state index in [-0.39, 0.29) is 0 Å². The maximum Gasteiger partial charge on any atom is 0.237 e. The van der Waals surface area contributed by atoms with Gasteiger partial charge in [0.05, 0.1) is 12.3 Å². The largest absolute Gasteiger partial charge is 0.338 e. The maximum atomic E-state index is 5.67. The summed E-state index contributed by atoms with van der Waals surface area (Å²) in [4.78, 5) is 4.16. The van der Waals surface area contributed by atoms with Crippen LogP contribution in [0.15, 0.2) is 9.68 Å². The van der Waals surface area contributed by atoms with E-state index in [1.54, 1.807) is 18.7 Å². The van der Waals surface area contributed by atoms with Crippen molar-refractivity contribution in [3.8, 4) is 0 Å². The predicted octanol–water partition coefficient (Wildman–Crippen LogP) is 1.06. The number of hydrogen-bond donors (Lipinski definition) is 1. The van der Waals surface area contributed by atoms with E-state index >= 15 is 0 Å². The van der Waals surface area contributed by atoms with E-state index < -0.39 is 0 Å². The first-order valence-corrected chi connectivity index (χ1v) is 6.82. The van der Waals surface area contributed by atoms with Gasteiger partial charge in [0.2, 0.25) is 5.89 Å². The summed E-state index contributed by atoms with van der Waals surface area (Å²) in [5, 5.41) is 12.9. The molecule has 0 aliphatic heterocycles. The number of nitrogens with zero attached hydrogens (tertiary/aromatic N) is 5. The highest BCUT2D eigenvalue weighted by Crippen LogP contribution is 2.39. The van der Waals surface area contributed by atoms with Crippen LogP contribution >= 0.6 is 11.8 Å². The van der Waals surface area contributed by atoms with Gasteiger partial charge in [0.1, 0.15) is 5.82 Å². The van der Waals surface area contributed by atoms with Crippen LogP contribution in [0.1, 0.15) is 36.4 Å². The topological polar surface area (TPSA) is 95.6 Å². The summed E-state index contributed by atoms with van der Waals surface area (Å²) in [6, 6.07) is 0.519. The molecule has 18 heavy (non-hydrogen) atoms. The van der Waals surface area contributed by atoms with Crippen LogP contribution in [-0.4, -0.2) is 24.9 Å². The van der Waals surface area contributed by atoms with Crippen molar-refractivity contribution in [2.45, 2.75) is 43.3 Å². The summed E-state index contributed by atoms with van der Waals surface area (Å²) in [5.74, 6) is 2.71. The lowest BCUT2D eigenvalue weighted by Gasteiger charge is -2.05. The van der Waals surface area contributed by atoms with Gasteiger partial charge in [0.15, 0.2) is 11.0 Å². The fourth-order valence-corrected chi connectivity index (χ4v) is 2.63. The van der Waals surface area contributed by atoms with Crippen molar-refractivity contribution < 1.29 is 4.52 Å². The zero-order valence-corrected chi connectivity index (χ0v) is 10.9. The number of rotatable bonds is 5. The first kappa shape index (κ1) is 11.7. The molecule has 7 nitrogen and oxygen atoms in total. The smallest absolute Gasteiger partial charge is 0.237 e. The lowest BCUT2D eigenvalue weighted by atomic mass is 10.5. The Morgan fingerprint density at radius 2 is 2.28 bits per heavy atom. The van der Waals surface area contributed by atoms with E-state index in [0.717, 1.165) is 11.0 Å². The molecule has 1 fully saturated rings. The summed E-state index contributed by atoms with van der Waals surface area (Å²) in [6.07, 6.45) is 2.36. The number of thioether (sulfide) groups is 1. The molecule has 2 N–H and O–H groups in total. The Labute approximate surface area is 108 Å². The van der Waals surface area contributed by atoms with Crippen molar-refractivity contribution in [2.24, 2.45) is 5.73 Å². The molecule has 0 atom stereocenters. The lowest BCUT2D eigenvalue weighted by Crippen LogP contribution is -2.08. The van der Waals surface area contributed by atoms with E-state index in [4.69, 9.17) is 10.3 Å². The minimum atomic E-state index is 0.420. The summed E-state index contributed by atoms with van der Waals surface area (Å²) in [6.45, 7) is 2.22. The van der Waals surface area contributed by atoms with Crippen molar-refractivity contribution in [3.63, 3.8) is 0 Å². The molecule has 96 valence electrons. The number of nitrogens with two attached hydrogens (primary N) is 1. The van der Waals surface area contributed by atoms with Crippen LogP contribution in [0, 0.1) is 6.92 Å². The third-order valence-electron chi connectivity index (χ3n) is 2.72. The van der Waals surface area contributed by atoms with Crippen molar-refractivity contribution in [1.29, 1.82) is 0 Å². The van der Waals surface area contributed by atoms with Gasteiger partial charge in [0.25, 0.3) is 0 Å². The highest BCUT2D eigenvalue weighted by Gasteiger charge is 2.29. The average Bonchev–Trinajstić information content (AvgIpc) is 2.99. The normalized spacial score (nSPS) is 15.2. The van der Waals surface area contributed by atoms with Gasteiger partial charge in [-0.1, -0.05) is 16.9 Å². The van der Waals surface area contributed by atoms with Crippen LogP contribution < -0.4 is 5.73 Å². The molecular weight excluding hydrogens is 252 g/mol. The van der Waals surface area contributed by atoms with E-state index in [1.165, 1.54) is 12.8 Å². The molecule has 2 aromatic rings. The lowest BCUT2D eigenvalue weighted by molar-refractivity contribution is 0.387. The van der Waals surface area contributed by atoms with Gasteiger partial charge in [-0.3, -0.25) is 0 Å². The van der Waals surface area contributed by atoms with Gasteiger partial charge in [-0.05, 0) is 19.8 Å². The number of aromatic nitrogens is 5. The third kappa shape index (κ3) is 2.25. The Morgan fingerprint density at radius 3 is 2.89 bits per heavy atom. The van der Waals surface area contributed by atoms with Crippen molar-refractivity contribution in [2.75, 3.05) is 0 Å². The molecule has 1 saturated carbocycles. The summed E-state index contributed by atoms with van der Waals surface area (Å²) >= 11 is 1.56. The molecule has 1 aliphatic rings. The van der Waals surface area contributed by atoms with E-state index in [0.29, 0.717) is 30.1 Å². The fourth-order valence-electron chi connectivity index (χ4n) is 1.77. The molecule has 0 radical (unpaired) electrons. The second kappa shape index (κ2) is 4.69. The standard InChI is InChI=1S/C10H14N6OS/c1-6-12-9(17-15-6)5-18-10-14-13-8(4-11)16(10)7-2-3-7/h7H,2-5,11H2,1H3. The summed E-state index contributed by atoms with van der Waals surface area (Å²) in [7, 11) is 0. The van der Waals surface area contributed by atoms with Crippen molar-refractivity contribution in [1.82, 2.24) is 24.9 Å². The van der Waals surface area contributed by atoms with Crippen molar-refractivity contribution in [3.05, 3.63) is 17.5 Å². The second-order valence-electron chi connectivity index (χ2n) is 4.23. The van der Waals surface area contributed by atoms with Crippen LogP contribution in [0.3, 0.4) is 0 Å². The predicted molar refractivity (Wildman–Crippen MR) is 64.8 cm³/mol. The van der Waals surface area contributed by atoms with Gasteiger partial charge in [-0.2, -0.15) is 4.98 Å². The van der Waals surface area contributed by atoms with Crippen LogP contribution in [-0.2, 0) is 12.3 Å². The van der Waals surface area contributed by atoms with Crippen LogP contribution in [0.2, 0.25) is 0 Å². The molecule has 2 aromatic heterocycles. The molecule has 0 bridgehead atoms.